The molecule has 0 aliphatic heterocycles. The van der Waals surface area contributed by atoms with E-state index in [1.165, 1.54) is 0 Å². The van der Waals surface area contributed by atoms with E-state index in [-0.39, 0.29) is 11.8 Å². The van der Waals surface area contributed by atoms with Crippen LogP contribution in [0.15, 0.2) is 70.9 Å². The minimum absolute atomic E-state index is 0.245. The third-order valence-electron chi connectivity index (χ3n) is 3.62. The maximum Gasteiger partial charge on any atom is 0.271 e. The fraction of sp³-hybridized carbons (Fsp3) is 0.200. The van der Waals surface area contributed by atoms with E-state index >= 15 is 0 Å². The van der Waals surface area contributed by atoms with Crippen molar-refractivity contribution in [3.8, 4) is 0 Å². The first-order chi connectivity index (χ1) is 12.6. The predicted octanol–water partition coefficient (Wildman–Crippen LogP) is 3.38. The highest BCUT2D eigenvalue weighted by atomic mass is 16.2. The second-order valence-electron chi connectivity index (χ2n) is 5.81. The van der Waals surface area contributed by atoms with Crippen molar-refractivity contribution in [1.29, 1.82) is 0 Å². The second kappa shape index (κ2) is 9.88. The number of hydrogen-bond acceptors (Lipinski definition) is 4. The van der Waals surface area contributed by atoms with Crippen molar-refractivity contribution in [3.63, 3.8) is 0 Å². The molecule has 0 saturated heterocycles. The van der Waals surface area contributed by atoms with Gasteiger partial charge in [0.15, 0.2) is 0 Å². The number of nitrogens with one attached hydrogen (secondary N) is 2. The molecule has 0 aliphatic carbocycles. The van der Waals surface area contributed by atoms with Crippen LogP contribution in [-0.4, -0.2) is 23.2 Å². The van der Waals surface area contributed by atoms with Crippen LogP contribution in [0.25, 0.3) is 0 Å². The predicted molar refractivity (Wildman–Crippen MR) is 103 cm³/mol. The van der Waals surface area contributed by atoms with Gasteiger partial charge in [0.25, 0.3) is 11.8 Å². The monoisotopic (exact) mass is 350 g/mol. The minimum Gasteiger partial charge on any atom is -0.267 e. The molecule has 0 unspecified atom stereocenters. The first-order valence-electron chi connectivity index (χ1n) is 8.33. The number of nitrogens with zero attached hydrogens (tertiary/aromatic N) is 2. The highest BCUT2D eigenvalue weighted by molar-refractivity contribution is 5.96. The summed E-state index contributed by atoms with van der Waals surface area (Å²) in [6, 6.07) is 17.8. The van der Waals surface area contributed by atoms with Crippen molar-refractivity contribution >= 4 is 23.2 Å². The van der Waals surface area contributed by atoms with Gasteiger partial charge in [0, 0.05) is 22.6 Å². The van der Waals surface area contributed by atoms with Gasteiger partial charge in [0.1, 0.15) is 0 Å². The molecule has 0 fully saturated rings. The van der Waals surface area contributed by atoms with Crippen LogP contribution < -0.4 is 10.9 Å². The lowest BCUT2D eigenvalue weighted by Gasteiger charge is -2.04. The van der Waals surface area contributed by atoms with E-state index < -0.39 is 0 Å². The molecule has 2 aromatic carbocycles. The zero-order chi connectivity index (χ0) is 18.8. The Morgan fingerprint density at radius 2 is 1.04 bits per heavy atom. The highest BCUT2D eigenvalue weighted by Gasteiger charge is 2.04. The average Bonchev–Trinajstić information content (AvgIpc) is 2.69. The maximum atomic E-state index is 11.9. The van der Waals surface area contributed by atoms with Crippen LogP contribution in [0.3, 0.4) is 0 Å². The Balaban J connectivity index is 1.78. The van der Waals surface area contributed by atoms with Gasteiger partial charge in [-0.05, 0) is 51.0 Å². The first-order valence-corrected chi connectivity index (χ1v) is 8.33. The lowest BCUT2D eigenvalue weighted by atomic mass is 10.2. The zero-order valence-corrected chi connectivity index (χ0v) is 14.9. The van der Waals surface area contributed by atoms with Gasteiger partial charge in [-0.3, -0.25) is 9.59 Å². The second-order valence-corrected chi connectivity index (χ2v) is 5.81. The van der Waals surface area contributed by atoms with Gasteiger partial charge < -0.3 is 0 Å². The molecular weight excluding hydrogens is 328 g/mol. The van der Waals surface area contributed by atoms with E-state index in [0.717, 1.165) is 11.4 Å². The molecule has 0 atom stereocenters. The topological polar surface area (TPSA) is 82.9 Å². The van der Waals surface area contributed by atoms with Crippen molar-refractivity contribution < 1.29 is 9.59 Å². The van der Waals surface area contributed by atoms with Crippen LogP contribution in [0.1, 0.15) is 47.4 Å². The Morgan fingerprint density at radius 1 is 0.692 bits per heavy atom. The molecule has 2 rings (SSSR count). The van der Waals surface area contributed by atoms with Crippen LogP contribution in [0.4, 0.5) is 0 Å². The Bertz CT molecular complexity index is 730. The highest BCUT2D eigenvalue weighted by Crippen LogP contribution is 2.00. The van der Waals surface area contributed by atoms with Crippen LogP contribution in [0.2, 0.25) is 0 Å². The first kappa shape index (κ1) is 19.1. The smallest absolute Gasteiger partial charge is 0.267 e. The van der Waals surface area contributed by atoms with Gasteiger partial charge in [-0.1, -0.05) is 36.4 Å². The molecule has 2 aromatic rings. The van der Waals surface area contributed by atoms with Crippen molar-refractivity contribution in [1.82, 2.24) is 10.9 Å². The summed E-state index contributed by atoms with van der Waals surface area (Å²) in [5, 5.41) is 8.18. The molecule has 0 aromatic heterocycles. The SMILES string of the molecule is C/C(CC/C(C)=N/NC(=O)c1ccccc1)=N\NC(=O)c1ccccc1. The van der Waals surface area contributed by atoms with E-state index in [9.17, 15) is 9.59 Å². The zero-order valence-electron chi connectivity index (χ0n) is 14.9. The lowest BCUT2D eigenvalue weighted by Crippen LogP contribution is -2.20. The Labute approximate surface area is 153 Å². The Kier molecular flexibility index (Phi) is 7.24. The van der Waals surface area contributed by atoms with E-state index in [4.69, 9.17) is 0 Å². The summed E-state index contributed by atoms with van der Waals surface area (Å²) in [5.41, 5.74) is 7.74. The summed E-state index contributed by atoms with van der Waals surface area (Å²) in [6.45, 7) is 3.67. The number of carbonyl (C=O) groups excluding carboxylic acids is 2. The molecule has 134 valence electrons. The summed E-state index contributed by atoms with van der Waals surface area (Å²) in [5.74, 6) is -0.490. The molecule has 2 N–H and O–H groups in total. The van der Waals surface area contributed by atoms with Crippen molar-refractivity contribution in [2.45, 2.75) is 26.7 Å². The van der Waals surface area contributed by atoms with Crippen LogP contribution in [0, 0.1) is 0 Å². The summed E-state index contributed by atoms with van der Waals surface area (Å²) in [4.78, 5) is 23.8. The number of hydrogen-bond donors (Lipinski definition) is 2. The molecule has 0 saturated carbocycles. The van der Waals surface area contributed by atoms with Gasteiger partial charge >= 0.3 is 0 Å². The van der Waals surface area contributed by atoms with Gasteiger partial charge in [0.2, 0.25) is 0 Å². The molecule has 0 radical (unpaired) electrons. The molecule has 0 spiro atoms. The normalized spacial score (nSPS) is 11.8. The van der Waals surface area contributed by atoms with Crippen molar-refractivity contribution in [3.05, 3.63) is 71.8 Å². The summed E-state index contributed by atoms with van der Waals surface area (Å²) in [6.07, 6.45) is 1.26. The summed E-state index contributed by atoms with van der Waals surface area (Å²) >= 11 is 0. The van der Waals surface area contributed by atoms with Crippen molar-refractivity contribution in [2.75, 3.05) is 0 Å². The fourth-order valence-electron chi connectivity index (χ4n) is 2.07. The van der Waals surface area contributed by atoms with Crippen molar-refractivity contribution in [2.24, 2.45) is 10.2 Å². The van der Waals surface area contributed by atoms with Crippen LogP contribution in [0.5, 0.6) is 0 Å². The fourth-order valence-corrected chi connectivity index (χ4v) is 2.07. The van der Waals surface area contributed by atoms with E-state index in [1.807, 2.05) is 26.0 Å². The molecule has 6 heteroatoms. The van der Waals surface area contributed by atoms with Gasteiger partial charge in [-0.25, -0.2) is 10.9 Å². The van der Waals surface area contributed by atoms with Gasteiger partial charge in [-0.15, -0.1) is 0 Å². The minimum atomic E-state index is -0.245. The Morgan fingerprint density at radius 3 is 1.38 bits per heavy atom. The maximum absolute atomic E-state index is 11.9. The lowest BCUT2D eigenvalue weighted by molar-refractivity contribution is 0.0946. The number of amides is 2. The number of rotatable bonds is 7. The third-order valence-corrected chi connectivity index (χ3v) is 3.62. The van der Waals surface area contributed by atoms with E-state index in [1.54, 1.807) is 48.5 Å². The molecular formula is C20H22N4O2. The van der Waals surface area contributed by atoms with Gasteiger partial charge in [0.05, 0.1) is 0 Å². The summed E-state index contributed by atoms with van der Waals surface area (Å²) in [7, 11) is 0. The van der Waals surface area contributed by atoms with Crippen LogP contribution >= 0.6 is 0 Å². The molecule has 2 amide bonds. The Hall–Kier alpha value is -3.28. The van der Waals surface area contributed by atoms with Gasteiger partial charge in [-0.2, -0.15) is 10.2 Å². The standard InChI is InChI=1S/C20H22N4O2/c1-15(21-23-19(25)17-9-5-3-6-10-17)13-14-16(2)22-24-20(26)18-11-7-4-8-12-18/h3-12H,13-14H2,1-2H3,(H,23,25)(H,24,26)/b21-15+,22-16+. The summed E-state index contributed by atoms with van der Waals surface area (Å²) < 4.78 is 0. The van der Waals surface area contributed by atoms with E-state index in [2.05, 4.69) is 21.1 Å². The molecule has 0 bridgehead atoms. The molecule has 26 heavy (non-hydrogen) atoms. The number of carbonyl (C=O) groups is 2. The molecule has 0 aliphatic rings. The van der Waals surface area contributed by atoms with E-state index in [0.29, 0.717) is 24.0 Å². The average molecular weight is 350 g/mol. The number of hydrazone groups is 2. The largest absolute Gasteiger partial charge is 0.271 e. The molecule has 6 nitrogen and oxygen atoms in total. The third kappa shape index (κ3) is 6.32. The van der Waals surface area contributed by atoms with Crippen LogP contribution in [-0.2, 0) is 0 Å². The number of benzene rings is 2. The molecule has 0 heterocycles. The quantitative estimate of drug-likeness (QED) is 0.593.